The van der Waals surface area contributed by atoms with Gasteiger partial charge in [0.05, 0.1) is 31.1 Å². The van der Waals surface area contributed by atoms with E-state index in [2.05, 4.69) is 35.5 Å². The summed E-state index contributed by atoms with van der Waals surface area (Å²) in [5.41, 5.74) is 5.39. The molecule has 0 atom stereocenters. The van der Waals surface area contributed by atoms with Crippen molar-refractivity contribution in [2.24, 2.45) is 11.8 Å². The van der Waals surface area contributed by atoms with Crippen LogP contribution in [0.3, 0.4) is 0 Å². The Kier molecular flexibility index (Phi) is 11.6. The van der Waals surface area contributed by atoms with Crippen molar-refractivity contribution in [1.82, 2.24) is 20.3 Å². The van der Waals surface area contributed by atoms with Crippen molar-refractivity contribution in [2.75, 3.05) is 24.7 Å². The summed E-state index contributed by atoms with van der Waals surface area (Å²) in [5, 5.41) is 12.0. The highest BCUT2D eigenvalue weighted by Crippen LogP contribution is 2.41. The number of benzene rings is 2. The highest BCUT2D eigenvalue weighted by molar-refractivity contribution is 6.01. The van der Waals surface area contributed by atoms with Gasteiger partial charge in [0.15, 0.2) is 0 Å². The van der Waals surface area contributed by atoms with E-state index < -0.39 is 0 Å². The van der Waals surface area contributed by atoms with Gasteiger partial charge >= 0.3 is 0 Å². The summed E-state index contributed by atoms with van der Waals surface area (Å²) in [6, 6.07) is 15.9. The molecule has 0 unspecified atom stereocenters. The van der Waals surface area contributed by atoms with Crippen LogP contribution < -0.4 is 10.2 Å². The van der Waals surface area contributed by atoms with Gasteiger partial charge in [-0.25, -0.2) is 4.68 Å². The third kappa shape index (κ3) is 8.60. The lowest BCUT2D eigenvalue weighted by Crippen LogP contribution is -2.34. The molecule has 2 aromatic carbocycles. The Bertz CT molecular complexity index is 1400. The third-order valence-corrected chi connectivity index (χ3v) is 7.76. The zero-order valence-corrected chi connectivity index (χ0v) is 26.0. The fourth-order valence-electron chi connectivity index (χ4n) is 5.28. The summed E-state index contributed by atoms with van der Waals surface area (Å²) in [5.74, 6) is 0.485. The quantitative estimate of drug-likeness (QED) is 0.225. The van der Waals surface area contributed by atoms with Crippen LogP contribution >= 0.6 is 0 Å². The van der Waals surface area contributed by atoms with E-state index in [0.29, 0.717) is 38.6 Å². The topological polar surface area (TPSA) is 106 Å². The van der Waals surface area contributed by atoms with Gasteiger partial charge in [0.1, 0.15) is 11.5 Å². The molecule has 3 aromatic rings. The van der Waals surface area contributed by atoms with E-state index in [1.165, 1.54) is 6.42 Å². The summed E-state index contributed by atoms with van der Waals surface area (Å²) in [6.45, 7) is 10.4. The maximum atomic E-state index is 13.7. The van der Waals surface area contributed by atoms with Gasteiger partial charge in [-0.3, -0.25) is 14.4 Å². The van der Waals surface area contributed by atoms with Crippen molar-refractivity contribution in [1.29, 1.82) is 0 Å². The van der Waals surface area contributed by atoms with Gasteiger partial charge < -0.3 is 15.0 Å². The van der Waals surface area contributed by atoms with E-state index in [4.69, 9.17) is 4.74 Å². The van der Waals surface area contributed by atoms with Crippen LogP contribution in [0.25, 0.3) is 22.5 Å². The number of hydrogen-bond acceptors (Lipinski definition) is 6. The molecule has 0 saturated carbocycles. The first-order chi connectivity index (χ1) is 20.8. The number of para-hydroxylation sites is 1. The molecule has 0 aliphatic carbocycles. The first-order valence-corrected chi connectivity index (χ1v) is 15.5. The minimum atomic E-state index is -0.210. The number of Topliss-reactive ketones (excluding diaryl/α,β-unsaturated/α-hetero) is 1. The number of carbonyl (C=O) groups excluding carboxylic acids is 3. The molecule has 230 valence electrons. The van der Waals surface area contributed by atoms with Gasteiger partial charge in [-0.2, -0.15) is 0 Å². The number of carbonyl (C=O) groups is 3. The smallest absolute Gasteiger partial charge is 0.227 e. The number of hydrogen-bond donors (Lipinski definition) is 1. The monoisotopic (exact) mass is 587 g/mol. The average molecular weight is 588 g/mol. The number of aryl methyl sites for hydroxylation is 1. The molecule has 0 spiro atoms. The van der Waals surface area contributed by atoms with E-state index >= 15 is 0 Å². The lowest BCUT2D eigenvalue weighted by Gasteiger charge is -2.28. The number of amides is 2. The fourth-order valence-corrected chi connectivity index (χ4v) is 5.28. The molecule has 4 rings (SSSR count). The molecule has 43 heavy (non-hydrogen) atoms. The van der Waals surface area contributed by atoms with Crippen molar-refractivity contribution in [2.45, 2.75) is 79.3 Å². The summed E-state index contributed by atoms with van der Waals surface area (Å²) in [7, 11) is 0. The van der Waals surface area contributed by atoms with Gasteiger partial charge in [-0.05, 0) is 24.0 Å². The Morgan fingerprint density at radius 1 is 0.907 bits per heavy atom. The van der Waals surface area contributed by atoms with Gasteiger partial charge in [0, 0.05) is 49.4 Å². The number of ether oxygens (including phenoxy) is 1. The molecular weight excluding hydrogens is 542 g/mol. The van der Waals surface area contributed by atoms with Crippen molar-refractivity contribution in [3.8, 4) is 22.5 Å². The zero-order valence-electron chi connectivity index (χ0n) is 26.0. The maximum Gasteiger partial charge on any atom is 0.227 e. The maximum absolute atomic E-state index is 13.7. The Morgan fingerprint density at radius 2 is 1.65 bits per heavy atom. The normalized spacial score (nSPS) is 12.4. The summed E-state index contributed by atoms with van der Waals surface area (Å²) < 4.78 is 7.48. The van der Waals surface area contributed by atoms with Crippen LogP contribution in [-0.2, 0) is 32.2 Å². The number of unbranched alkanes of at least 4 members (excludes halogenated alkanes) is 1. The van der Waals surface area contributed by atoms with E-state index in [1.807, 2.05) is 61.0 Å². The number of rotatable bonds is 15. The number of anilines is 1. The highest BCUT2D eigenvalue weighted by atomic mass is 16.5. The second-order valence-electron chi connectivity index (χ2n) is 11.9. The molecule has 2 heterocycles. The number of ketones is 1. The molecule has 1 aliphatic rings. The minimum Gasteiger partial charge on any atom is -0.379 e. The van der Waals surface area contributed by atoms with Crippen LogP contribution in [-0.4, -0.2) is 52.3 Å². The van der Waals surface area contributed by atoms with Crippen LogP contribution in [0.2, 0.25) is 0 Å². The van der Waals surface area contributed by atoms with Crippen molar-refractivity contribution >= 4 is 23.3 Å². The van der Waals surface area contributed by atoms with Crippen molar-refractivity contribution in [3.05, 3.63) is 54.1 Å². The lowest BCUT2D eigenvalue weighted by molar-refractivity contribution is -0.125. The number of nitrogens with zero attached hydrogens (tertiary/aromatic N) is 4. The van der Waals surface area contributed by atoms with Gasteiger partial charge in [-0.15, -0.1) is 5.10 Å². The highest BCUT2D eigenvalue weighted by Gasteiger charge is 2.29. The molecule has 0 fully saturated rings. The van der Waals surface area contributed by atoms with Crippen molar-refractivity contribution < 1.29 is 19.1 Å². The van der Waals surface area contributed by atoms with Crippen LogP contribution in [0.5, 0.6) is 0 Å². The Morgan fingerprint density at radius 3 is 2.42 bits per heavy atom. The zero-order chi connectivity index (χ0) is 30.8. The lowest BCUT2D eigenvalue weighted by atomic mass is 9.95. The predicted octanol–water partition coefficient (Wildman–Crippen LogP) is 5.81. The van der Waals surface area contributed by atoms with E-state index in [-0.39, 0.29) is 36.4 Å². The molecule has 1 N–H and O–H groups in total. The Hall–Kier alpha value is -3.85. The predicted molar refractivity (Wildman–Crippen MR) is 168 cm³/mol. The first kappa shape index (κ1) is 32.1. The Balaban J connectivity index is 1.44. The van der Waals surface area contributed by atoms with Gasteiger partial charge in [-0.1, -0.05) is 88.2 Å². The molecule has 1 aliphatic heterocycles. The molecule has 1 aromatic heterocycles. The van der Waals surface area contributed by atoms with Crippen LogP contribution in [0.1, 0.15) is 71.8 Å². The molecule has 0 radical (unpaired) electrons. The first-order valence-electron chi connectivity index (χ1n) is 15.5. The van der Waals surface area contributed by atoms with Gasteiger partial charge in [0.2, 0.25) is 11.8 Å². The standard InChI is InChI=1S/C34H45N5O4/c1-24(2)11-9-10-20-39-34-27-13-6-5-12-26(27)23-38(29-15-8-7-14-28(29)33(34)36-37-39)32(42)17-16-31(41)35-19-22-43-21-18-30(40)25(3)4/h5-8,12-15,24-25H,9-11,16-23H2,1-4H3,(H,35,41). The molecule has 9 heteroatoms. The van der Waals surface area contributed by atoms with Gasteiger partial charge in [0.25, 0.3) is 0 Å². The van der Waals surface area contributed by atoms with Crippen LogP contribution in [0.4, 0.5) is 5.69 Å². The minimum absolute atomic E-state index is 0.00435. The second-order valence-corrected chi connectivity index (χ2v) is 11.9. The number of nitrogens with one attached hydrogen (secondary N) is 1. The molecular formula is C34H45N5O4. The summed E-state index contributed by atoms with van der Waals surface area (Å²) >= 11 is 0. The van der Waals surface area contributed by atoms with Crippen LogP contribution in [0, 0.1) is 11.8 Å². The molecule has 9 nitrogen and oxygen atoms in total. The molecule has 0 saturated heterocycles. The molecule has 2 amide bonds. The third-order valence-electron chi connectivity index (χ3n) is 7.76. The number of aromatic nitrogens is 3. The van der Waals surface area contributed by atoms with Crippen LogP contribution in [0.15, 0.2) is 48.5 Å². The second kappa shape index (κ2) is 15.6. The van der Waals surface area contributed by atoms with E-state index in [9.17, 15) is 14.4 Å². The largest absolute Gasteiger partial charge is 0.379 e. The summed E-state index contributed by atoms with van der Waals surface area (Å²) in [4.78, 5) is 39.6. The van der Waals surface area contributed by atoms with Crippen molar-refractivity contribution in [3.63, 3.8) is 0 Å². The summed E-state index contributed by atoms with van der Waals surface area (Å²) in [6.07, 6.45) is 3.85. The average Bonchev–Trinajstić information content (AvgIpc) is 3.40. The number of fused-ring (bicyclic) bond motifs is 5. The van der Waals surface area contributed by atoms with E-state index in [1.54, 1.807) is 4.90 Å². The fraction of sp³-hybridized carbons (Fsp3) is 0.500. The SMILES string of the molecule is CC(C)CCCCn1nnc2c1-c1ccccc1CN(C(=O)CCC(=O)NCCOCCC(=O)C(C)C)c1ccccc1-2. The molecule has 0 bridgehead atoms. The Labute approximate surface area is 255 Å². The van der Waals surface area contributed by atoms with E-state index in [0.717, 1.165) is 53.2 Å².